The first-order chi connectivity index (χ1) is 9.63. The van der Waals surface area contributed by atoms with E-state index < -0.39 is 0 Å². The van der Waals surface area contributed by atoms with Crippen LogP contribution < -0.4 is 10.1 Å². The first kappa shape index (κ1) is 15.1. The first-order valence-electron chi connectivity index (χ1n) is 6.87. The number of nitrogens with one attached hydrogen (secondary N) is 1. The normalized spacial score (nSPS) is 12.4. The van der Waals surface area contributed by atoms with Crippen LogP contribution in [0.25, 0.3) is 0 Å². The van der Waals surface area contributed by atoms with Gasteiger partial charge >= 0.3 is 0 Å². The van der Waals surface area contributed by atoms with Crippen LogP contribution >= 0.6 is 15.9 Å². The van der Waals surface area contributed by atoms with Gasteiger partial charge in [-0.25, -0.2) is 0 Å². The van der Waals surface area contributed by atoms with Gasteiger partial charge in [-0.05, 0) is 32.5 Å². The van der Waals surface area contributed by atoms with Crippen LogP contribution in [0.1, 0.15) is 32.4 Å². The number of ether oxygens (including phenoxy) is 1. The molecule has 5 heteroatoms. The van der Waals surface area contributed by atoms with Gasteiger partial charge in [0.25, 0.3) is 0 Å². The largest absolute Gasteiger partial charge is 0.454 e. The molecule has 0 radical (unpaired) electrons. The number of nitrogens with zero attached hydrogens (tertiary/aromatic N) is 2. The van der Waals surface area contributed by atoms with E-state index in [2.05, 4.69) is 53.2 Å². The highest BCUT2D eigenvalue weighted by molar-refractivity contribution is 9.10. The Bertz CT molecular complexity index is 568. The third kappa shape index (κ3) is 3.61. The van der Waals surface area contributed by atoms with Gasteiger partial charge in [0, 0.05) is 22.6 Å². The van der Waals surface area contributed by atoms with Crippen LogP contribution in [0.15, 0.2) is 35.1 Å². The SMILES string of the molecule is CCNC(C)c1ccc(Br)cc1Oc1cnn(CC)c1. The van der Waals surface area contributed by atoms with Gasteiger partial charge in [-0.3, -0.25) is 4.68 Å². The van der Waals surface area contributed by atoms with Crippen molar-refractivity contribution in [1.82, 2.24) is 15.1 Å². The molecule has 1 unspecified atom stereocenters. The van der Waals surface area contributed by atoms with Gasteiger partial charge in [-0.15, -0.1) is 0 Å². The molecule has 2 rings (SSSR count). The van der Waals surface area contributed by atoms with Crippen LogP contribution in [-0.4, -0.2) is 16.3 Å². The van der Waals surface area contributed by atoms with Crippen molar-refractivity contribution in [1.29, 1.82) is 0 Å². The molecule has 0 aliphatic heterocycles. The molecule has 0 aliphatic carbocycles. The molecule has 1 aromatic heterocycles. The number of halogens is 1. The summed E-state index contributed by atoms with van der Waals surface area (Å²) in [6, 6.07) is 6.35. The summed E-state index contributed by atoms with van der Waals surface area (Å²) in [6.07, 6.45) is 3.65. The predicted molar refractivity (Wildman–Crippen MR) is 84.2 cm³/mol. The molecule has 0 bridgehead atoms. The number of aryl methyl sites for hydroxylation is 1. The summed E-state index contributed by atoms with van der Waals surface area (Å²) >= 11 is 3.50. The summed E-state index contributed by atoms with van der Waals surface area (Å²) in [7, 11) is 0. The number of hydrogen-bond donors (Lipinski definition) is 1. The Labute approximate surface area is 128 Å². The van der Waals surface area contributed by atoms with Gasteiger partial charge in [0.1, 0.15) is 5.75 Å². The molecule has 1 atom stereocenters. The van der Waals surface area contributed by atoms with Gasteiger partial charge in [0.05, 0.1) is 12.4 Å². The molecule has 20 heavy (non-hydrogen) atoms. The van der Waals surface area contributed by atoms with Gasteiger partial charge in [0.15, 0.2) is 5.75 Å². The maximum Gasteiger partial charge on any atom is 0.165 e. The predicted octanol–water partition coefficient (Wildman–Crippen LogP) is 4.13. The fraction of sp³-hybridized carbons (Fsp3) is 0.400. The monoisotopic (exact) mass is 337 g/mol. The minimum Gasteiger partial charge on any atom is -0.454 e. The quantitative estimate of drug-likeness (QED) is 0.861. The average Bonchev–Trinajstić information content (AvgIpc) is 2.87. The molecule has 2 aromatic rings. The van der Waals surface area contributed by atoms with E-state index in [9.17, 15) is 0 Å². The second-order valence-corrected chi connectivity index (χ2v) is 5.51. The third-order valence-corrected chi connectivity index (χ3v) is 3.61. The Balaban J connectivity index is 2.26. The highest BCUT2D eigenvalue weighted by Crippen LogP contribution is 2.32. The number of rotatable bonds is 6. The lowest BCUT2D eigenvalue weighted by Gasteiger charge is -2.17. The van der Waals surface area contributed by atoms with Crippen molar-refractivity contribution < 1.29 is 4.74 Å². The van der Waals surface area contributed by atoms with E-state index in [1.807, 2.05) is 23.0 Å². The molecule has 0 spiro atoms. The molecule has 1 N–H and O–H groups in total. The Morgan fingerprint density at radius 2 is 2.20 bits per heavy atom. The fourth-order valence-electron chi connectivity index (χ4n) is 2.07. The van der Waals surface area contributed by atoms with Crippen LogP contribution in [0.4, 0.5) is 0 Å². The van der Waals surface area contributed by atoms with Crippen molar-refractivity contribution in [3.05, 3.63) is 40.6 Å². The van der Waals surface area contributed by atoms with Gasteiger partial charge in [-0.2, -0.15) is 5.10 Å². The molecule has 1 heterocycles. The Hall–Kier alpha value is -1.33. The number of hydrogen-bond acceptors (Lipinski definition) is 3. The molecule has 0 saturated carbocycles. The molecule has 4 nitrogen and oxygen atoms in total. The summed E-state index contributed by atoms with van der Waals surface area (Å²) in [5.74, 6) is 1.61. The summed E-state index contributed by atoms with van der Waals surface area (Å²) in [6.45, 7) is 8.04. The van der Waals surface area contributed by atoms with Crippen molar-refractivity contribution in [2.75, 3.05) is 6.54 Å². The van der Waals surface area contributed by atoms with Crippen molar-refractivity contribution in [2.24, 2.45) is 0 Å². The highest BCUT2D eigenvalue weighted by atomic mass is 79.9. The molecule has 0 amide bonds. The average molecular weight is 338 g/mol. The zero-order valence-corrected chi connectivity index (χ0v) is 13.6. The van der Waals surface area contributed by atoms with Crippen molar-refractivity contribution in [3.8, 4) is 11.5 Å². The van der Waals surface area contributed by atoms with Crippen molar-refractivity contribution in [2.45, 2.75) is 33.4 Å². The van der Waals surface area contributed by atoms with Crippen molar-refractivity contribution >= 4 is 15.9 Å². The van der Waals surface area contributed by atoms with Gasteiger partial charge < -0.3 is 10.1 Å². The summed E-state index contributed by atoms with van der Waals surface area (Å²) in [5, 5.41) is 7.64. The van der Waals surface area contributed by atoms with Gasteiger partial charge in [-0.1, -0.05) is 28.9 Å². The second-order valence-electron chi connectivity index (χ2n) is 4.60. The number of aromatic nitrogens is 2. The topological polar surface area (TPSA) is 39.1 Å². The van der Waals surface area contributed by atoms with E-state index in [-0.39, 0.29) is 6.04 Å². The van der Waals surface area contributed by atoms with E-state index >= 15 is 0 Å². The Morgan fingerprint density at radius 1 is 1.40 bits per heavy atom. The number of benzene rings is 1. The zero-order chi connectivity index (χ0) is 14.5. The van der Waals surface area contributed by atoms with E-state index in [1.54, 1.807) is 6.20 Å². The van der Waals surface area contributed by atoms with E-state index in [1.165, 1.54) is 0 Å². The molecule has 1 aromatic carbocycles. The van der Waals surface area contributed by atoms with Gasteiger partial charge in [0.2, 0.25) is 0 Å². The second kappa shape index (κ2) is 6.90. The lowest BCUT2D eigenvalue weighted by molar-refractivity contribution is 0.461. The van der Waals surface area contributed by atoms with Crippen LogP contribution in [0, 0.1) is 0 Å². The van der Waals surface area contributed by atoms with E-state index in [0.29, 0.717) is 0 Å². The molecular formula is C15H20BrN3O. The summed E-state index contributed by atoms with van der Waals surface area (Å²) < 4.78 is 8.84. The Morgan fingerprint density at radius 3 is 2.85 bits per heavy atom. The minimum atomic E-state index is 0.240. The van der Waals surface area contributed by atoms with Crippen LogP contribution in [-0.2, 0) is 6.54 Å². The zero-order valence-electron chi connectivity index (χ0n) is 12.1. The summed E-state index contributed by atoms with van der Waals surface area (Å²) in [4.78, 5) is 0. The van der Waals surface area contributed by atoms with Crippen LogP contribution in [0.2, 0.25) is 0 Å². The molecule has 0 fully saturated rings. The molecule has 0 saturated heterocycles. The van der Waals surface area contributed by atoms with Crippen LogP contribution in [0.5, 0.6) is 11.5 Å². The minimum absolute atomic E-state index is 0.240. The van der Waals surface area contributed by atoms with Crippen LogP contribution in [0.3, 0.4) is 0 Å². The van der Waals surface area contributed by atoms with E-state index in [0.717, 1.165) is 34.6 Å². The lowest BCUT2D eigenvalue weighted by Crippen LogP contribution is -2.18. The first-order valence-corrected chi connectivity index (χ1v) is 7.66. The molecular weight excluding hydrogens is 318 g/mol. The smallest absolute Gasteiger partial charge is 0.165 e. The maximum atomic E-state index is 5.99. The lowest BCUT2D eigenvalue weighted by atomic mass is 10.1. The van der Waals surface area contributed by atoms with Crippen molar-refractivity contribution in [3.63, 3.8) is 0 Å². The molecule has 0 aliphatic rings. The summed E-state index contributed by atoms with van der Waals surface area (Å²) in [5.41, 5.74) is 1.14. The molecule has 108 valence electrons. The highest BCUT2D eigenvalue weighted by Gasteiger charge is 2.13. The maximum absolute atomic E-state index is 5.99. The van der Waals surface area contributed by atoms with E-state index in [4.69, 9.17) is 4.74 Å². The third-order valence-electron chi connectivity index (χ3n) is 3.11. The fourth-order valence-corrected chi connectivity index (χ4v) is 2.41. The standard InChI is InChI=1S/C15H20BrN3O/c1-4-17-11(3)14-7-6-12(16)8-15(14)20-13-9-18-19(5-2)10-13/h6-11,17H,4-5H2,1-3H3. The Kier molecular flexibility index (Phi) is 5.20.